The molecule has 1 aliphatic rings. The summed E-state index contributed by atoms with van der Waals surface area (Å²) in [5, 5.41) is 5.53. The zero-order valence-corrected chi connectivity index (χ0v) is 20.3. The number of ether oxygens (including phenoxy) is 1. The molecule has 1 aliphatic heterocycles. The highest BCUT2D eigenvalue weighted by Crippen LogP contribution is 2.37. The summed E-state index contributed by atoms with van der Waals surface area (Å²) in [4.78, 5) is 33.7. The minimum absolute atomic E-state index is 0.0604. The fraction of sp³-hybridized carbons (Fsp3) is 0.261. The molecule has 1 unspecified atom stereocenters. The lowest BCUT2D eigenvalue weighted by Gasteiger charge is -2.15. The molecular formula is C23H22BrF3N6O3. The lowest BCUT2D eigenvalue weighted by Crippen LogP contribution is -2.30. The van der Waals surface area contributed by atoms with E-state index in [2.05, 4.69) is 41.5 Å². The number of nitrogens with zero attached hydrogens (tertiary/aromatic N) is 3. The fourth-order valence-corrected chi connectivity index (χ4v) is 3.47. The van der Waals surface area contributed by atoms with Gasteiger partial charge in [0.1, 0.15) is 6.33 Å². The number of benzene rings is 1. The molecule has 36 heavy (non-hydrogen) atoms. The summed E-state index contributed by atoms with van der Waals surface area (Å²) in [7, 11) is 0. The molecule has 1 saturated heterocycles. The third-order valence-electron chi connectivity index (χ3n) is 4.98. The number of nitrogens with two attached hydrogens (primary N) is 1. The molecule has 9 nitrogen and oxygen atoms in total. The van der Waals surface area contributed by atoms with Crippen LogP contribution in [-0.4, -0.2) is 40.0 Å². The van der Waals surface area contributed by atoms with Crippen LogP contribution in [0.1, 0.15) is 28.0 Å². The molecule has 1 atom stereocenters. The van der Waals surface area contributed by atoms with Crippen LogP contribution in [0.5, 0.6) is 0 Å². The second kappa shape index (κ2) is 12.4. The smallest absolute Gasteiger partial charge is 0.381 e. The van der Waals surface area contributed by atoms with Gasteiger partial charge in [0.05, 0.1) is 53.5 Å². The highest BCUT2D eigenvalue weighted by molar-refractivity contribution is 9.10. The van der Waals surface area contributed by atoms with Crippen LogP contribution in [0, 0.1) is 5.92 Å². The van der Waals surface area contributed by atoms with Gasteiger partial charge in [-0.15, -0.1) is 0 Å². The Balaban J connectivity index is 0.000000338. The topological polar surface area (TPSA) is 132 Å². The number of halogens is 4. The van der Waals surface area contributed by atoms with Crippen molar-refractivity contribution in [2.24, 2.45) is 11.7 Å². The minimum atomic E-state index is -4.48. The molecule has 0 spiro atoms. The van der Waals surface area contributed by atoms with Gasteiger partial charge in [-0.2, -0.15) is 13.2 Å². The second-order valence-electron chi connectivity index (χ2n) is 7.62. The van der Waals surface area contributed by atoms with Crippen molar-refractivity contribution in [1.82, 2.24) is 20.3 Å². The van der Waals surface area contributed by atoms with E-state index in [0.717, 1.165) is 6.07 Å². The first kappa shape index (κ1) is 27.0. The first-order valence-electron chi connectivity index (χ1n) is 10.6. The van der Waals surface area contributed by atoms with E-state index in [-0.39, 0.29) is 24.1 Å². The second-order valence-corrected chi connectivity index (χ2v) is 8.54. The van der Waals surface area contributed by atoms with E-state index in [4.69, 9.17) is 10.5 Å². The lowest BCUT2D eigenvalue weighted by atomic mass is 10.1. The quantitative estimate of drug-likeness (QED) is 0.413. The first-order chi connectivity index (χ1) is 17.1. The maximum absolute atomic E-state index is 13.2. The zero-order valence-electron chi connectivity index (χ0n) is 18.8. The molecule has 3 heterocycles. The molecule has 0 aliphatic carbocycles. The molecule has 2 aromatic heterocycles. The molecule has 0 radical (unpaired) electrons. The van der Waals surface area contributed by atoms with Crippen LogP contribution < -0.4 is 16.4 Å². The van der Waals surface area contributed by atoms with Crippen molar-refractivity contribution in [3.63, 3.8) is 0 Å². The Morgan fingerprint density at radius 1 is 1.14 bits per heavy atom. The van der Waals surface area contributed by atoms with Crippen molar-refractivity contribution < 1.29 is 27.5 Å². The number of aromatic nitrogens is 3. The molecule has 4 rings (SSSR count). The molecule has 1 aromatic carbocycles. The third-order valence-corrected chi connectivity index (χ3v) is 5.47. The van der Waals surface area contributed by atoms with E-state index >= 15 is 0 Å². The van der Waals surface area contributed by atoms with Gasteiger partial charge in [0.15, 0.2) is 0 Å². The molecule has 13 heteroatoms. The molecule has 0 saturated carbocycles. The van der Waals surface area contributed by atoms with E-state index in [1.165, 1.54) is 37.1 Å². The maximum atomic E-state index is 13.2. The van der Waals surface area contributed by atoms with E-state index < -0.39 is 17.6 Å². The predicted molar refractivity (Wildman–Crippen MR) is 128 cm³/mol. The van der Waals surface area contributed by atoms with Gasteiger partial charge >= 0.3 is 6.18 Å². The maximum Gasteiger partial charge on any atom is 0.418 e. The standard InChI is InChI=1S/C18H17BrF3N3O2.C5H5N3O/c19-12-1-4-16(15(7-12)18(20,21)22)25-14-3-2-13(23-9-14)8-24-17(26)11-5-6-27-10-11;6-5(9)4-1-7-3-8-2-4/h1-4,7,9,11,25H,5-6,8,10H2,(H,24,26);1-3H,(H2,6,9). The van der Waals surface area contributed by atoms with Crippen LogP contribution in [0.4, 0.5) is 24.5 Å². The number of anilines is 2. The van der Waals surface area contributed by atoms with Crippen molar-refractivity contribution >= 4 is 39.1 Å². The number of hydrogen-bond donors (Lipinski definition) is 3. The van der Waals surface area contributed by atoms with Crippen LogP contribution in [-0.2, 0) is 22.3 Å². The molecule has 190 valence electrons. The number of pyridine rings is 1. The number of rotatable bonds is 6. The molecule has 1 fully saturated rings. The normalized spacial score (nSPS) is 14.9. The van der Waals surface area contributed by atoms with Gasteiger partial charge in [-0.3, -0.25) is 14.6 Å². The Morgan fingerprint density at radius 3 is 2.44 bits per heavy atom. The van der Waals surface area contributed by atoms with E-state index in [9.17, 15) is 22.8 Å². The average Bonchev–Trinajstić information content (AvgIpc) is 3.40. The SMILES string of the molecule is NC(=O)c1cncnc1.O=C(NCc1ccc(Nc2ccc(Br)cc2C(F)(F)F)cn1)C1CCOC1. The Labute approximate surface area is 212 Å². The van der Waals surface area contributed by atoms with E-state index in [0.29, 0.717) is 41.1 Å². The number of carbonyl (C=O) groups is 2. The Bertz CT molecular complexity index is 1170. The van der Waals surface area contributed by atoms with Crippen molar-refractivity contribution in [1.29, 1.82) is 0 Å². The number of alkyl halides is 3. The van der Waals surface area contributed by atoms with E-state index in [1.807, 2.05) is 0 Å². The van der Waals surface area contributed by atoms with Gasteiger partial charge in [-0.05, 0) is 36.8 Å². The highest BCUT2D eigenvalue weighted by atomic mass is 79.9. The Morgan fingerprint density at radius 2 is 1.89 bits per heavy atom. The summed E-state index contributed by atoms with van der Waals surface area (Å²) >= 11 is 3.05. The Kier molecular flexibility index (Phi) is 9.31. The molecule has 2 amide bonds. The van der Waals surface area contributed by atoms with Crippen molar-refractivity contribution in [3.8, 4) is 0 Å². The van der Waals surface area contributed by atoms with Crippen LogP contribution in [0.2, 0.25) is 0 Å². The van der Waals surface area contributed by atoms with Gasteiger partial charge in [-0.25, -0.2) is 9.97 Å². The van der Waals surface area contributed by atoms with Gasteiger partial charge in [0.2, 0.25) is 5.91 Å². The van der Waals surface area contributed by atoms with Crippen LogP contribution >= 0.6 is 15.9 Å². The number of carbonyl (C=O) groups excluding carboxylic acids is 2. The van der Waals surface area contributed by atoms with Crippen LogP contribution in [0.25, 0.3) is 0 Å². The largest absolute Gasteiger partial charge is 0.418 e. The zero-order chi connectivity index (χ0) is 26.1. The molecule has 0 bridgehead atoms. The number of hydrogen-bond acceptors (Lipinski definition) is 7. The van der Waals surface area contributed by atoms with Crippen molar-refractivity contribution in [3.05, 3.63) is 76.5 Å². The summed E-state index contributed by atoms with van der Waals surface area (Å²) in [6.07, 6.45) is 1.74. The summed E-state index contributed by atoms with van der Waals surface area (Å²) < 4.78 is 45.0. The summed E-state index contributed by atoms with van der Waals surface area (Å²) in [6, 6.07) is 7.17. The number of nitrogens with one attached hydrogen (secondary N) is 2. The molecule has 4 N–H and O–H groups in total. The molecule has 3 aromatic rings. The van der Waals surface area contributed by atoms with E-state index in [1.54, 1.807) is 12.1 Å². The van der Waals surface area contributed by atoms with Gasteiger partial charge in [0, 0.05) is 23.5 Å². The highest BCUT2D eigenvalue weighted by Gasteiger charge is 2.33. The van der Waals surface area contributed by atoms with Gasteiger partial charge in [0.25, 0.3) is 5.91 Å². The summed E-state index contributed by atoms with van der Waals surface area (Å²) in [5.74, 6) is -0.721. The number of amides is 2. The number of primary amides is 1. The first-order valence-corrected chi connectivity index (χ1v) is 11.4. The van der Waals surface area contributed by atoms with Crippen molar-refractivity contribution in [2.45, 2.75) is 19.1 Å². The lowest BCUT2D eigenvalue weighted by molar-refractivity contribution is -0.137. The van der Waals surface area contributed by atoms with Gasteiger partial charge < -0.3 is 21.1 Å². The minimum Gasteiger partial charge on any atom is -0.381 e. The Hall–Kier alpha value is -3.58. The third kappa shape index (κ3) is 7.99. The monoisotopic (exact) mass is 566 g/mol. The fourth-order valence-electron chi connectivity index (χ4n) is 3.11. The predicted octanol–water partition coefficient (Wildman–Crippen LogP) is 3.83. The van der Waals surface area contributed by atoms with Crippen LogP contribution in [0.3, 0.4) is 0 Å². The average molecular weight is 567 g/mol. The summed E-state index contributed by atoms with van der Waals surface area (Å²) in [5.41, 5.74) is 5.42. The van der Waals surface area contributed by atoms with Crippen LogP contribution in [0.15, 0.2) is 59.7 Å². The van der Waals surface area contributed by atoms with Crippen molar-refractivity contribution in [2.75, 3.05) is 18.5 Å². The van der Waals surface area contributed by atoms with Gasteiger partial charge in [-0.1, -0.05) is 15.9 Å². The summed E-state index contributed by atoms with van der Waals surface area (Å²) in [6.45, 7) is 1.27. The molecular weight excluding hydrogens is 545 g/mol.